The van der Waals surface area contributed by atoms with Crippen molar-refractivity contribution in [2.75, 3.05) is 24.5 Å². The van der Waals surface area contributed by atoms with E-state index >= 15 is 0 Å². The Bertz CT molecular complexity index is 873. The Balaban J connectivity index is 1.30. The van der Waals surface area contributed by atoms with Crippen LogP contribution in [0.25, 0.3) is 11.0 Å². The number of hydrogen-bond donors (Lipinski definition) is 2. The second kappa shape index (κ2) is 8.26. The maximum absolute atomic E-state index is 10.0. The summed E-state index contributed by atoms with van der Waals surface area (Å²) in [5.74, 6) is 1.75. The zero-order valence-electron chi connectivity index (χ0n) is 16.8. The fourth-order valence-electron chi connectivity index (χ4n) is 5.14. The average molecular weight is 437 g/mol. The van der Waals surface area contributed by atoms with Crippen LogP contribution in [0.1, 0.15) is 57.4 Å². The van der Waals surface area contributed by atoms with E-state index in [1.54, 1.807) is 0 Å². The molecule has 5 rings (SSSR count). The van der Waals surface area contributed by atoms with E-state index in [4.69, 9.17) is 28.2 Å². The van der Waals surface area contributed by atoms with Gasteiger partial charge in [-0.05, 0) is 76.0 Å². The lowest BCUT2D eigenvalue weighted by Crippen LogP contribution is -2.43. The fraction of sp³-hybridized carbons (Fsp3) is 0.682. The number of nitrogens with zero attached hydrogens (tertiary/aromatic N) is 3. The minimum atomic E-state index is -0.156. The molecule has 2 saturated carbocycles. The summed E-state index contributed by atoms with van der Waals surface area (Å²) in [5, 5.41) is 14.8. The predicted molar refractivity (Wildman–Crippen MR) is 119 cm³/mol. The van der Waals surface area contributed by atoms with Crippen molar-refractivity contribution in [3.63, 3.8) is 0 Å². The van der Waals surface area contributed by atoms with Gasteiger partial charge in [0.1, 0.15) is 0 Å². The SMILES string of the molecule is OC1CCCC1NCC1CCN(c2nc3cc(Cl)c(Cl)cc3n2C2CCC2)CC1. The zero-order chi connectivity index (χ0) is 20.0. The van der Waals surface area contributed by atoms with Crippen LogP contribution in [0.4, 0.5) is 5.95 Å². The molecule has 3 fully saturated rings. The van der Waals surface area contributed by atoms with Gasteiger partial charge < -0.3 is 19.9 Å². The summed E-state index contributed by atoms with van der Waals surface area (Å²) in [7, 11) is 0. The number of aliphatic hydroxyl groups is 1. The molecule has 0 amide bonds. The van der Waals surface area contributed by atoms with Gasteiger partial charge in [-0.1, -0.05) is 23.2 Å². The number of imidazole rings is 1. The fourth-order valence-corrected chi connectivity index (χ4v) is 5.46. The number of hydrogen-bond acceptors (Lipinski definition) is 4. The molecule has 2 atom stereocenters. The molecule has 2 heterocycles. The minimum absolute atomic E-state index is 0.156. The van der Waals surface area contributed by atoms with Gasteiger partial charge >= 0.3 is 0 Å². The third kappa shape index (κ3) is 3.87. The maximum atomic E-state index is 10.0. The topological polar surface area (TPSA) is 53.3 Å². The number of rotatable bonds is 5. The Hall–Kier alpha value is -1.01. The van der Waals surface area contributed by atoms with Crippen LogP contribution in [0.2, 0.25) is 10.0 Å². The minimum Gasteiger partial charge on any atom is -0.392 e. The Kier molecular flexibility index (Phi) is 5.67. The van der Waals surface area contributed by atoms with E-state index in [1.807, 2.05) is 12.1 Å². The lowest BCUT2D eigenvalue weighted by atomic mass is 9.92. The van der Waals surface area contributed by atoms with Crippen LogP contribution in [0.15, 0.2) is 12.1 Å². The first-order valence-corrected chi connectivity index (χ1v) is 11.9. The Labute approximate surface area is 182 Å². The highest BCUT2D eigenvalue weighted by Crippen LogP contribution is 2.40. The van der Waals surface area contributed by atoms with Gasteiger partial charge in [-0.2, -0.15) is 0 Å². The van der Waals surface area contributed by atoms with E-state index in [2.05, 4.69) is 14.8 Å². The molecule has 2 aliphatic carbocycles. The summed E-state index contributed by atoms with van der Waals surface area (Å²) in [6.07, 6.45) is 9.06. The molecule has 7 heteroatoms. The van der Waals surface area contributed by atoms with Gasteiger partial charge in [0.25, 0.3) is 0 Å². The summed E-state index contributed by atoms with van der Waals surface area (Å²) in [6.45, 7) is 3.06. The van der Waals surface area contributed by atoms with Crippen LogP contribution in [0.3, 0.4) is 0 Å². The molecule has 0 bridgehead atoms. The number of piperidine rings is 1. The molecule has 1 saturated heterocycles. The van der Waals surface area contributed by atoms with Crippen LogP contribution in [-0.4, -0.2) is 46.4 Å². The molecule has 29 heavy (non-hydrogen) atoms. The van der Waals surface area contributed by atoms with Crippen LogP contribution >= 0.6 is 23.2 Å². The largest absolute Gasteiger partial charge is 0.392 e. The Morgan fingerprint density at radius 1 is 1.00 bits per heavy atom. The lowest BCUT2D eigenvalue weighted by Gasteiger charge is -2.36. The number of nitrogens with one attached hydrogen (secondary N) is 1. The van der Waals surface area contributed by atoms with E-state index in [0.29, 0.717) is 28.0 Å². The molecule has 2 aromatic rings. The smallest absolute Gasteiger partial charge is 0.206 e. The van der Waals surface area contributed by atoms with Gasteiger partial charge in [0.05, 0.1) is 27.2 Å². The summed E-state index contributed by atoms with van der Waals surface area (Å²) >= 11 is 12.6. The van der Waals surface area contributed by atoms with Crippen molar-refractivity contribution in [1.29, 1.82) is 0 Å². The first-order chi connectivity index (χ1) is 14.1. The Morgan fingerprint density at radius 2 is 1.72 bits per heavy atom. The van der Waals surface area contributed by atoms with Crippen molar-refractivity contribution in [1.82, 2.24) is 14.9 Å². The van der Waals surface area contributed by atoms with Crippen molar-refractivity contribution in [3.05, 3.63) is 22.2 Å². The normalized spacial score (nSPS) is 26.4. The third-order valence-corrected chi connectivity index (χ3v) is 7.92. The van der Waals surface area contributed by atoms with E-state index in [9.17, 15) is 5.11 Å². The first kappa shape index (κ1) is 19.9. The number of aliphatic hydroxyl groups excluding tert-OH is 1. The van der Waals surface area contributed by atoms with Crippen LogP contribution < -0.4 is 10.2 Å². The number of anilines is 1. The van der Waals surface area contributed by atoms with Crippen LogP contribution in [0.5, 0.6) is 0 Å². The maximum Gasteiger partial charge on any atom is 0.206 e. The zero-order valence-corrected chi connectivity index (χ0v) is 18.3. The molecule has 3 aliphatic rings. The molecule has 2 unspecified atom stereocenters. The van der Waals surface area contributed by atoms with Gasteiger partial charge in [-0.3, -0.25) is 0 Å². The van der Waals surface area contributed by atoms with Gasteiger partial charge in [-0.25, -0.2) is 4.98 Å². The number of fused-ring (bicyclic) bond motifs is 1. The van der Waals surface area contributed by atoms with Crippen molar-refractivity contribution in [3.8, 4) is 0 Å². The predicted octanol–water partition coefficient (Wildman–Crippen LogP) is 4.79. The van der Waals surface area contributed by atoms with Gasteiger partial charge in [0.15, 0.2) is 0 Å². The highest BCUT2D eigenvalue weighted by molar-refractivity contribution is 6.42. The highest BCUT2D eigenvalue weighted by atomic mass is 35.5. The standard InChI is InChI=1S/C22H30Cl2N4O/c23-16-11-19-20(12-17(16)24)28(15-3-1-4-15)22(26-19)27-9-7-14(8-10-27)13-25-18-5-2-6-21(18)29/h11-12,14-15,18,21,25,29H,1-10,13H2. The summed E-state index contributed by atoms with van der Waals surface area (Å²) in [4.78, 5) is 7.43. The molecular weight excluding hydrogens is 407 g/mol. The van der Waals surface area contributed by atoms with E-state index < -0.39 is 0 Å². The quantitative estimate of drug-likeness (QED) is 0.707. The summed E-state index contributed by atoms with van der Waals surface area (Å²) < 4.78 is 2.41. The lowest BCUT2D eigenvalue weighted by molar-refractivity contribution is 0.145. The van der Waals surface area contributed by atoms with Crippen molar-refractivity contribution >= 4 is 40.2 Å². The molecule has 158 valence electrons. The average Bonchev–Trinajstić information content (AvgIpc) is 3.24. The molecule has 1 aromatic carbocycles. The third-order valence-electron chi connectivity index (χ3n) is 7.20. The molecule has 2 N–H and O–H groups in total. The van der Waals surface area contributed by atoms with Crippen molar-refractivity contribution < 1.29 is 5.11 Å². The summed E-state index contributed by atoms with van der Waals surface area (Å²) in [6, 6.07) is 4.71. The number of benzene rings is 1. The molecular formula is C22H30Cl2N4O. The van der Waals surface area contributed by atoms with E-state index in [1.165, 1.54) is 19.3 Å². The Morgan fingerprint density at radius 3 is 2.38 bits per heavy atom. The summed E-state index contributed by atoms with van der Waals surface area (Å²) in [5.41, 5.74) is 2.05. The molecule has 0 spiro atoms. The van der Waals surface area contributed by atoms with Gasteiger partial charge in [-0.15, -0.1) is 0 Å². The molecule has 1 aromatic heterocycles. The van der Waals surface area contributed by atoms with Crippen molar-refractivity contribution in [2.45, 2.75) is 69.6 Å². The monoisotopic (exact) mass is 436 g/mol. The van der Waals surface area contributed by atoms with E-state index in [-0.39, 0.29) is 6.10 Å². The molecule has 5 nitrogen and oxygen atoms in total. The van der Waals surface area contributed by atoms with Crippen LogP contribution in [0, 0.1) is 5.92 Å². The molecule has 1 aliphatic heterocycles. The highest BCUT2D eigenvalue weighted by Gasteiger charge is 2.30. The number of aromatic nitrogens is 2. The molecule has 0 radical (unpaired) electrons. The van der Waals surface area contributed by atoms with Gasteiger partial charge in [0.2, 0.25) is 5.95 Å². The second-order valence-electron chi connectivity index (χ2n) is 9.06. The van der Waals surface area contributed by atoms with Crippen molar-refractivity contribution in [2.24, 2.45) is 5.92 Å². The number of halogens is 2. The van der Waals surface area contributed by atoms with Gasteiger partial charge in [0, 0.05) is 25.2 Å². The van der Waals surface area contributed by atoms with Crippen LogP contribution in [-0.2, 0) is 0 Å². The van der Waals surface area contributed by atoms with E-state index in [0.717, 1.165) is 68.7 Å². The second-order valence-corrected chi connectivity index (χ2v) is 9.88. The first-order valence-electron chi connectivity index (χ1n) is 11.1.